The van der Waals surface area contributed by atoms with Gasteiger partial charge in [0.25, 0.3) is 0 Å². The smallest absolute Gasteiger partial charge is 0.407 e. The summed E-state index contributed by atoms with van der Waals surface area (Å²) in [6, 6.07) is 0. The summed E-state index contributed by atoms with van der Waals surface area (Å²) in [5, 5.41) is 2.89. The quantitative estimate of drug-likeness (QED) is 0.590. The molecule has 0 aromatic carbocycles. The molecule has 2 aliphatic carbocycles. The van der Waals surface area contributed by atoms with Gasteiger partial charge in [0.2, 0.25) is 0 Å². The molecule has 160 valence electrons. The van der Waals surface area contributed by atoms with Crippen molar-refractivity contribution in [3.63, 3.8) is 0 Å². The maximum absolute atomic E-state index is 12.1. The third kappa shape index (κ3) is 8.41. The lowest BCUT2D eigenvalue weighted by Gasteiger charge is -2.28. The minimum absolute atomic E-state index is 0.0146. The first kappa shape index (κ1) is 23.0. The number of alkyl carbamates (subject to hydrolysis) is 1. The molecule has 4 atom stereocenters. The minimum Gasteiger partial charge on any atom is -0.449 e. The predicted molar refractivity (Wildman–Crippen MR) is 111 cm³/mol. The number of nitrogens with one attached hydrogen (secondary N) is 1. The highest BCUT2D eigenvalue weighted by Crippen LogP contribution is 2.52. The zero-order valence-corrected chi connectivity index (χ0v) is 18.6. The summed E-state index contributed by atoms with van der Waals surface area (Å²) in [7, 11) is 0. The van der Waals surface area contributed by atoms with Crippen molar-refractivity contribution in [2.45, 2.75) is 78.9 Å². The van der Waals surface area contributed by atoms with E-state index in [9.17, 15) is 4.79 Å². The van der Waals surface area contributed by atoms with Crippen molar-refractivity contribution < 1.29 is 19.0 Å². The van der Waals surface area contributed by atoms with Crippen molar-refractivity contribution in [2.24, 2.45) is 23.2 Å². The third-order valence-corrected chi connectivity index (χ3v) is 5.47. The number of hydrogen-bond donors (Lipinski definition) is 1. The van der Waals surface area contributed by atoms with Gasteiger partial charge >= 0.3 is 6.09 Å². The normalized spacial score (nSPS) is 25.4. The van der Waals surface area contributed by atoms with E-state index >= 15 is 0 Å². The Hall–Kier alpha value is -1.25. The van der Waals surface area contributed by atoms with Crippen LogP contribution in [0.1, 0.15) is 67.2 Å². The van der Waals surface area contributed by atoms with Gasteiger partial charge in [0.05, 0.1) is 31.5 Å². The van der Waals surface area contributed by atoms with Gasteiger partial charge in [-0.2, -0.15) is 0 Å². The zero-order chi connectivity index (χ0) is 20.8. The fraction of sp³-hybridized carbons (Fsp3) is 0.870. The number of carbonyl (C=O) groups excluding carboxylic acids is 1. The van der Waals surface area contributed by atoms with Gasteiger partial charge in [-0.15, -0.1) is 11.8 Å². The van der Waals surface area contributed by atoms with Crippen molar-refractivity contribution in [3.05, 3.63) is 0 Å². The van der Waals surface area contributed by atoms with Gasteiger partial charge in [-0.05, 0) is 58.3 Å². The molecule has 0 aromatic heterocycles. The second-order valence-corrected chi connectivity index (χ2v) is 10.1. The summed E-state index contributed by atoms with van der Waals surface area (Å²) in [6.07, 6.45) is 3.95. The molecule has 0 aromatic rings. The van der Waals surface area contributed by atoms with E-state index in [1.165, 1.54) is 0 Å². The van der Waals surface area contributed by atoms with E-state index in [2.05, 4.69) is 31.0 Å². The third-order valence-electron chi connectivity index (χ3n) is 5.47. The molecule has 1 N–H and O–H groups in total. The van der Waals surface area contributed by atoms with Gasteiger partial charge in [-0.1, -0.05) is 13.8 Å². The molecule has 0 bridgehead atoms. The molecule has 1 saturated carbocycles. The molecule has 1 amide bonds. The molecule has 5 nitrogen and oxygen atoms in total. The number of carbonyl (C=O) groups is 1. The van der Waals surface area contributed by atoms with E-state index in [0.29, 0.717) is 44.1 Å². The summed E-state index contributed by atoms with van der Waals surface area (Å²) in [5.41, 5.74) is -0.335. The van der Waals surface area contributed by atoms with Gasteiger partial charge in [0.1, 0.15) is 0 Å². The molecule has 28 heavy (non-hydrogen) atoms. The van der Waals surface area contributed by atoms with Crippen LogP contribution in [0.4, 0.5) is 4.79 Å². The van der Waals surface area contributed by atoms with E-state index in [1.807, 2.05) is 27.7 Å². The highest BCUT2D eigenvalue weighted by Gasteiger charge is 2.49. The van der Waals surface area contributed by atoms with Crippen LogP contribution in [-0.4, -0.2) is 44.2 Å². The summed E-state index contributed by atoms with van der Waals surface area (Å²) in [6.45, 7) is 14.4. The molecular formula is C23H39NO4. The molecular weight excluding hydrogens is 354 g/mol. The average molecular weight is 394 g/mol. The van der Waals surface area contributed by atoms with Crippen LogP contribution in [0.15, 0.2) is 0 Å². The van der Waals surface area contributed by atoms with Gasteiger partial charge in [0, 0.05) is 24.8 Å². The largest absolute Gasteiger partial charge is 0.449 e. The number of ether oxygens (including phenoxy) is 3. The highest BCUT2D eigenvalue weighted by atomic mass is 16.6. The summed E-state index contributed by atoms with van der Waals surface area (Å²) >= 11 is 0. The number of amides is 1. The van der Waals surface area contributed by atoms with Crippen molar-refractivity contribution in [1.82, 2.24) is 5.32 Å². The van der Waals surface area contributed by atoms with E-state index < -0.39 is 0 Å². The first-order chi connectivity index (χ1) is 13.1. The van der Waals surface area contributed by atoms with E-state index in [4.69, 9.17) is 14.2 Å². The van der Waals surface area contributed by atoms with Crippen LogP contribution in [0.3, 0.4) is 0 Å². The Balaban J connectivity index is 1.59. The molecule has 0 aliphatic heterocycles. The SMILES string of the molecule is CC(COC(C)(C)C)OCC(C)(C)CNC(=O)OCC1[C@H]2CCC#CCC[C@@H]12. The second-order valence-electron chi connectivity index (χ2n) is 10.1. The zero-order valence-electron chi connectivity index (χ0n) is 18.6. The lowest BCUT2D eigenvalue weighted by Crippen LogP contribution is -2.38. The van der Waals surface area contributed by atoms with Crippen LogP contribution < -0.4 is 5.32 Å². The standard InChI is InChI=1S/C23H39NO4/c1-17(13-28-22(2,3)4)27-16-23(5,6)15-24-21(25)26-14-20-18-11-9-7-8-10-12-19(18)20/h17-20H,9-16H2,1-6H3,(H,24,25)/t17?,18-,19+,20?. The summed E-state index contributed by atoms with van der Waals surface area (Å²) < 4.78 is 17.1. The van der Waals surface area contributed by atoms with Crippen molar-refractivity contribution in [1.29, 1.82) is 0 Å². The molecule has 5 heteroatoms. The molecule has 1 fully saturated rings. The molecule has 2 unspecified atom stereocenters. The fourth-order valence-corrected chi connectivity index (χ4v) is 3.65. The average Bonchev–Trinajstić information content (AvgIpc) is 3.23. The predicted octanol–water partition coefficient (Wildman–Crippen LogP) is 4.40. The summed E-state index contributed by atoms with van der Waals surface area (Å²) in [4.78, 5) is 12.1. The lowest BCUT2D eigenvalue weighted by molar-refractivity contribution is -0.0793. The van der Waals surface area contributed by atoms with E-state index in [1.54, 1.807) is 0 Å². The second kappa shape index (κ2) is 9.98. The van der Waals surface area contributed by atoms with E-state index in [0.717, 1.165) is 25.7 Å². The summed E-state index contributed by atoms with van der Waals surface area (Å²) in [5.74, 6) is 8.34. The fourth-order valence-electron chi connectivity index (χ4n) is 3.65. The van der Waals surface area contributed by atoms with Crippen LogP contribution in [0.2, 0.25) is 0 Å². The Morgan fingerprint density at radius 2 is 1.71 bits per heavy atom. The number of fused-ring (bicyclic) bond motifs is 1. The van der Waals surface area contributed by atoms with Crippen LogP contribution in [0.5, 0.6) is 0 Å². The van der Waals surface area contributed by atoms with Crippen LogP contribution in [0, 0.1) is 35.0 Å². The Kier molecular flexibility index (Phi) is 8.21. The Bertz CT molecular complexity index is 551. The molecule has 0 heterocycles. The van der Waals surface area contributed by atoms with Gasteiger partial charge < -0.3 is 19.5 Å². The van der Waals surface area contributed by atoms with E-state index in [-0.39, 0.29) is 23.2 Å². The number of rotatable bonds is 9. The maximum atomic E-state index is 12.1. The minimum atomic E-state index is -0.326. The maximum Gasteiger partial charge on any atom is 0.407 e. The molecule has 2 aliphatic rings. The van der Waals surface area contributed by atoms with Crippen molar-refractivity contribution >= 4 is 6.09 Å². The van der Waals surface area contributed by atoms with Crippen LogP contribution in [-0.2, 0) is 14.2 Å². The molecule has 0 saturated heterocycles. The van der Waals surface area contributed by atoms with Gasteiger partial charge in [-0.3, -0.25) is 0 Å². The topological polar surface area (TPSA) is 56.8 Å². The van der Waals surface area contributed by atoms with Gasteiger partial charge in [0.15, 0.2) is 0 Å². The van der Waals surface area contributed by atoms with Crippen molar-refractivity contribution in [3.8, 4) is 11.8 Å². The highest BCUT2D eigenvalue weighted by molar-refractivity contribution is 5.67. The first-order valence-corrected chi connectivity index (χ1v) is 10.7. The Morgan fingerprint density at radius 3 is 2.29 bits per heavy atom. The van der Waals surface area contributed by atoms with Crippen molar-refractivity contribution in [2.75, 3.05) is 26.4 Å². The Morgan fingerprint density at radius 1 is 1.11 bits per heavy atom. The first-order valence-electron chi connectivity index (χ1n) is 10.7. The monoisotopic (exact) mass is 393 g/mol. The lowest BCUT2D eigenvalue weighted by atomic mass is 9.95. The molecule has 0 spiro atoms. The van der Waals surface area contributed by atoms with Crippen LogP contribution >= 0.6 is 0 Å². The Labute approximate surface area is 171 Å². The molecule has 0 radical (unpaired) electrons. The molecule has 2 rings (SSSR count). The van der Waals surface area contributed by atoms with Gasteiger partial charge in [-0.25, -0.2) is 4.79 Å². The van der Waals surface area contributed by atoms with Crippen LogP contribution in [0.25, 0.3) is 0 Å². The number of hydrogen-bond acceptors (Lipinski definition) is 4.